The predicted octanol–water partition coefficient (Wildman–Crippen LogP) is 2.66. The van der Waals surface area contributed by atoms with E-state index in [1.165, 1.54) is 19.1 Å². The van der Waals surface area contributed by atoms with Crippen molar-refractivity contribution in [2.24, 2.45) is 16.8 Å². The second kappa shape index (κ2) is 12.3. The zero-order chi connectivity index (χ0) is 18.2. The third kappa shape index (κ3) is 10.6. The quantitative estimate of drug-likeness (QED) is 0.313. The molecule has 0 saturated carbocycles. The van der Waals surface area contributed by atoms with E-state index < -0.39 is 10.0 Å². The number of guanidine groups is 1. The van der Waals surface area contributed by atoms with E-state index in [2.05, 4.69) is 36.4 Å². The Morgan fingerprint density at radius 3 is 2.28 bits per heavy atom. The molecule has 1 atom stereocenters. The molecule has 0 bridgehead atoms. The first-order chi connectivity index (χ1) is 11.2. The maximum Gasteiger partial charge on any atom is 0.211 e. The van der Waals surface area contributed by atoms with Crippen LogP contribution in [0.2, 0.25) is 0 Å². The number of sulfonamides is 1. The number of rotatable bonds is 8. The molecule has 0 aromatic heterocycles. The third-order valence-electron chi connectivity index (χ3n) is 4.63. The lowest BCUT2D eigenvalue weighted by Gasteiger charge is -2.30. The van der Waals surface area contributed by atoms with Gasteiger partial charge in [-0.15, -0.1) is 24.0 Å². The predicted molar refractivity (Wildman–Crippen MR) is 117 cm³/mol. The molecule has 0 radical (unpaired) electrons. The zero-order valence-corrected chi connectivity index (χ0v) is 19.6. The number of piperidine rings is 1. The van der Waals surface area contributed by atoms with Crippen molar-refractivity contribution >= 4 is 40.0 Å². The minimum absolute atomic E-state index is 0. The van der Waals surface area contributed by atoms with Gasteiger partial charge in [0.1, 0.15) is 0 Å². The van der Waals surface area contributed by atoms with Crippen LogP contribution < -0.4 is 10.6 Å². The second-order valence-electron chi connectivity index (χ2n) is 7.43. The Labute approximate surface area is 171 Å². The molecule has 0 aromatic rings. The van der Waals surface area contributed by atoms with Crippen molar-refractivity contribution in [1.82, 2.24) is 14.9 Å². The lowest BCUT2D eigenvalue weighted by atomic mass is 9.98. The second-order valence-corrected chi connectivity index (χ2v) is 9.41. The molecular weight excluding hydrogens is 451 g/mol. The summed E-state index contributed by atoms with van der Waals surface area (Å²) >= 11 is 0. The standard InChI is InChI=1S/C17H36N4O2S.HI/c1-14(2)7-6-8-15(3)20-17(18-4)19-13-16-9-11-21(12-10-16)24(5,22)23;/h14-16H,6-13H2,1-5H3,(H2,18,19,20);1H. The summed E-state index contributed by atoms with van der Waals surface area (Å²) in [6, 6.07) is 0.405. The molecule has 0 aromatic carbocycles. The summed E-state index contributed by atoms with van der Waals surface area (Å²) in [4.78, 5) is 4.30. The van der Waals surface area contributed by atoms with Gasteiger partial charge in [0.05, 0.1) is 6.26 Å². The first-order valence-electron chi connectivity index (χ1n) is 9.14. The Balaban J connectivity index is 0.00000576. The summed E-state index contributed by atoms with van der Waals surface area (Å²) in [6.45, 7) is 8.81. The van der Waals surface area contributed by atoms with Crippen molar-refractivity contribution in [3.63, 3.8) is 0 Å². The fourth-order valence-electron chi connectivity index (χ4n) is 3.02. The van der Waals surface area contributed by atoms with Gasteiger partial charge >= 0.3 is 0 Å². The van der Waals surface area contributed by atoms with Crippen LogP contribution in [0.5, 0.6) is 0 Å². The average molecular weight is 488 g/mol. The number of aliphatic imine (C=N–C) groups is 1. The van der Waals surface area contributed by atoms with E-state index in [1.54, 1.807) is 11.4 Å². The van der Waals surface area contributed by atoms with Crippen LogP contribution in [-0.4, -0.2) is 57.7 Å². The van der Waals surface area contributed by atoms with Crippen LogP contribution in [0.3, 0.4) is 0 Å². The highest BCUT2D eigenvalue weighted by Gasteiger charge is 2.24. The lowest BCUT2D eigenvalue weighted by molar-refractivity contribution is 0.274. The lowest BCUT2D eigenvalue weighted by Crippen LogP contribution is -2.46. The van der Waals surface area contributed by atoms with E-state index in [-0.39, 0.29) is 24.0 Å². The van der Waals surface area contributed by atoms with Crippen molar-refractivity contribution in [2.45, 2.75) is 58.9 Å². The number of nitrogens with zero attached hydrogens (tertiary/aromatic N) is 2. The Kier molecular flexibility index (Phi) is 12.3. The van der Waals surface area contributed by atoms with Crippen LogP contribution >= 0.6 is 24.0 Å². The molecule has 1 fully saturated rings. The summed E-state index contributed by atoms with van der Waals surface area (Å²) in [7, 11) is -1.25. The van der Waals surface area contributed by atoms with Gasteiger partial charge in [-0.05, 0) is 38.0 Å². The van der Waals surface area contributed by atoms with E-state index in [0.29, 0.717) is 25.0 Å². The molecule has 0 amide bonds. The zero-order valence-electron chi connectivity index (χ0n) is 16.4. The summed E-state index contributed by atoms with van der Waals surface area (Å²) in [5.74, 6) is 2.10. The number of hydrogen-bond acceptors (Lipinski definition) is 3. The van der Waals surface area contributed by atoms with E-state index >= 15 is 0 Å². The highest BCUT2D eigenvalue weighted by atomic mass is 127. The van der Waals surface area contributed by atoms with Crippen LogP contribution in [-0.2, 0) is 10.0 Å². The summed E-state index contributed by atoms with van der Waals surface area (Å²) in [5.41, 5.74) is 0. The van der Waals surface area contributed by atoms with Crippen LogP contribution in [0.1, 0.15) is 52.9 Å². The first-order valence-corrected chi connectivity index (χ1v) is 11.0. The molecule has 2 N–H and O–H groups in total. The van der Waals surface area contributed by atoms with Gasteiger partial charge < -0.3 is 10.6 Å². The van der Waals surface area contributed by atoms with Gasteiger partial charge in [-0.2, -0.15) is 0 Å². The van der Waals surface area contributed by atoms with Crippen LogP contribution in [0, 0.1) is 11.8 Å². The largest absolute Gasteiger partial charge is 0.356 e. The number of hydrogen-bond donors (Lipinski definition) is 2. The molecule has 0 spiro atoms. The van der Waals surface area contributed by atoms with Crippen molar-refractivity contribution < 1.29 is 8.42 Å². The first kappa shape index (κ1) is 24.9. The molecule has 6 nitrogen and oxygen atoms in total. The van der Waals surface area contributed by atoms with Gasteiger partial charge in [0, 0.05) is 32.7 Å². The average Bonchev–Trinajstić information content (AvgIpc) is 2.50. The molecule has 1 saturated heterocycles. The van der Waals surface area contributed by atoms with E-state index in [9.17, 15) is 8.42 Å². The SMILES string of the molecule is CN=C(NCC1CCN(S(C)(=O)=O)CC1)NC(C)CCCC(C)C.I. The van der Waals surface area contributed by atoms with E-state index in [0.717, 1.165) is 37.7 Å². The fourth-order valence-corrected chi connectivity index (χ4v) is 3.89. The van der Waals surface area contributed by atoms with Crippen molar-refractivity contribution in [2.75, 3.05) is 32.9 Å². The minimum Gasteiger partial charge on any atom is -0.356 e. The van der Waals surface area contributed by atoms with Crippen molar-refractivity contribution in [1.29, 1.82) is 0 Å². The molecule has 25 heavy (non-hydrogen) atoms. The molecular formula is C17H37IN4O2S. The Morgan fingerprint density at radius 2 is 1.80 bits per heavy atom. The number of nitrogens with one attached hydrogen (secondary N) is 2. The molecule has 1 aliphatic rings. The molecule has 8 heteroatoms. The molecule has 0 aliphatic carbocycles. The van der Waals surface area contributed by atoms with E-state index in [1.807, 2.05) is 0 Å². The molecule has 1 rings (SSSR count). The topological polar surface area (TPSA) is 73.8 Å². The Hall–Kier alpha value is -0.0900. The van der Waals surface area contributed by atoms with Crippen molar-refractivity contribution in [3.05, 3.63) is 0 Å². The Bertz CT molecular complexity index is 489. The maximum atomic E-state index is 11.5. The van der Waals surface area contributed by atoms with Crippen LogP contribution in [0.4, 0.5) is 0 Å². The van der Waals surface area contributed by atoms with E-state index in [4.69, 9.17) is 0 Å². The maximum absolute atomic E-state index is 11.5. The molecule has 1 aliphatic heterocycles. The molecule has 1 unspecified atom stereocenters. The van der Waals surface area contributed by atoms with Gasteiger partial charge in [-0.3, -0.25) is 4.99 Å². The fraction of sp³-hybridized carbons (Fsp3) is 0.941. The number of halogens is 1. The summed E-state index contributed by atoms with van der Waals surface area (Å²) in [5, 5.41) is 6.84. The molecule has 1 heterocycles. The smallest absolute Gasteiger partial charge is 0.211 e. The van der Waals surface area contributed by atoms with Crippen molar-refractivity contribution in [3.8, 4) is 0 Å². The highest BCUT2D eigenvalue weighted by molar-refractivity contribution is 14.0. The summed E-state index contributed by atoms with van der Waals surface area (Å²) in [6.07, 6.45) is 6.73. The van der Waals surface area contributed by atoms with Gasteiger partial charge in [-0.1, -0.05) is 26.7 Å². The van der Waals surface area contributed by atoms with Gasteiger partial charge in [0.15, 0.2) is 5.96 Å². The monoisotopic (exact) mass is 488 g/mol. The summed E-state index contributed by atoms with van der Waals surface area (Å²) < 4.78 is 24.6. The highest BCUT2D eigenvalue weighted by Crippen LogP contribution is 2.18. The van der Waals surface area contributed by atoms with Gasteiger partial charge in [0.25, 0.3) is 0 Å². The minimum atomic E-state index is -3.04. The van der Waals surface area contributed by atoms with Gasteiger partial charge in [-0.25, -0.2) is 12.7 Å². The molecule has 150 valence electrons. The third-order valence-corrected chi connectivity index (χ3v) is 5.93. The Morgan fingerprint density at radius 1 is 1.20 bits per heavy atom. The normalized spacial score (nSPS) is 18.7. The van der Waals surface area contributed by atoms with Gasteiger partial charge in [0.2, 0.25) is 10.0 Å². The van der Waals surface area contributed by atoms with Crippen LogP contribution in [0.25, 0.3) is 0 Å². The van der Waals surface area contributed by atoms with Crippen LogP contribution in [0.15, 0.2) is 4.99 Å².